The largest absolute Gasteiger partial charge is 0.513 e. The fourth-order valence-electron chi connectivity index (χ4n) is 1.08. The summed E-state index contributed by atoms with van der Waals surface area (Å²) in [7, 11) is -1.44. The van der Waals surface area contributed by atoms with Crippen LogP contribution in [-0.2, 0) is 9.47 Å². The molecule has 0 saturated carbocycles. The highest BCUT2D eigenvalue weighted by Gasteiger charge is 2.29. The van der Waals surface area contributed by atoms with Gasteiger partial charge in [-0.15, -0.1) is 0 Å². The fourth-order valence-corrected chi connectivity index (χ4v) is 2.76. The molecule has 1 unspecified atom stereocenters. The maximum Gasteiger partial charge on any atom is 0.513 e. The molecule has 0 aliphatic carbocycles. The first-order chi connectivity index (χ1) is 5.91. The second-order valence-corrected chi connectivity index (χ2v) is 9.29. The van der Waals surface area contributed by atoms with E-state index in [9.17, 15) is 4.79 Å². The van der Waals surface area contributed by atoms with Gasteiger partial charge in [-0.3, -0.25) is 0 Å². The number of carbonyl (C=O) groups excluding carboxylic acids is 1. The van der Waals surface area contributed by atoms with Crippen LogP contribution in [0.3, 0.4) is 0 Å². The molecule has 3 nitrogen and oxygen atoms in total. The van der Waals surface area contributed by atoms with Crippen molar-refractivity contribution in [3.63, 3.8) is 0 Å². The molecule has 0 heterocycles. The standard InChI is InChI=1S/C9H18O3Si/c1-6-8(13(3,4)5)12-9(10)11-7-2/h7-8H,2,6H2,1,3-5H3. The topological polar surface area (TPSA) is 35.5 Å². The maximum atomic E-state index is 11.0. The van der Waals surface area contributed by atoms with E-state index < -0.39 is 14.2 Å². The summed E-state index contributed by atoms with van der Waals surface area (Å²) in [6.07, 6.45) is 1.27. The third kappa shape index (κ3) is 4.72. The molecule has 0 aromatic heterocycles. The van der Waals surface area contributed by atoms with Crippen LogP contribution >= 0.6 is 0 Å². The lowest BCUT2D eigenvalue weighted by Crippen LogP contribution is -2.41. The molecule has 0 rings (SSSR count). The Kier molecular flexibility index (Phi) is 4.76. The van der Waals surface area contributed by atoms with E-state index in [1.807, 2.05) is 6.92 Å². The Labute approximate surface area is 80.7 Å². The third-order valence-electron chi connectivity index (χ3n) is 1.75. The predicted molar refractivity (Wildman–Crippen MR) is 55.2 cm³/mol. The smallest absolute Gasteiger partial charge is 0.435 e. The van der Waals surface area contributed by atoms with Gasteiger partial charge in [-0.2, -0.15) is 0 Å². The van der Waals surface area contributed by atoms with E-state index in [2.05, 4.69) is 31.0 Å². The summed E-state index contributed by atoms with van der Waals surface area (Å²) >= 11 is 0. The van der Waals surface area contributed by atoms with Crippen LogP contribution in [0.1, 0.15) is 13.3 Å². The molecule has 0 fully saturated rings. The SMILES string of the molecule is C=COC(=O)OC(CC)[Si](C)(C)C. The van der Waals surface area contributed by atoms with Crippen molar-refractivity contribution in [1.29, 1.82) is 0 Å². The zero-order valence-electron chi connectivity index (χ0n) is 8.79. The number of ether oxygens (including phenoxy) is 2. The second-order valence-electron chi connectivity index (χ2n) is 3.92. The molecule has 0 aliphatic rings. The minimum atomic E-state index is -1.44. The van der Waals surface area contributed by atoms with Crippen molar-refractivity contribution >= 4 is 14.2 Å². The van der Waals surface area contributed by atoms with E-state index in [1.54, 1.807) is 0 Å². The van der Waals surface area contributed by atoms with Crippen molar-refractivity contribution < 1.29 is 14.3 Å². The number of hydrogen-bond acceptors (Lipinski definition) is 3. The molecule has 0 N–H and O–H groups in total. The van der Waals surface area contributed by atoms with Crippen LogP contribution in [0.15, 0.2) is 12.8 Å². The highest BCUT2D eigenvalue weighted by Crippen LogP contribution is 2.15. The summed E-state index contributed by atoms with van der Waals surface area (Å²) in [4.78, 5) is 11.0. The van der Waals surface area contributed by atoms with Crippen molar-refractivity contribution in [3.8, 4) is 0 Å². The average molecular weight is 202 g/mol. The Morgan fingerprint density at radius 3 is 2.38 bits per heavy atom. The zero-order chi connectivity index (χ0) is 10.5. The number of hydrogen-bond donors (Lipinski definition) is 0. The monoisotopic (exact) mass is 202 g/mol. The van der Waals surface area contributed by atoms with Crippen molar-refractivity contribution in [1.82, 2.24) is 0 Å². The molecule has 0 aliphatic heterocycles. The first-order valence-electron chi connectivity index (χ1n) is 4.40. The number of carbonyl (C=O) groups is 1. The van der Waals surface area contributed by atoms with Crippen LogP contribution < -0.4 is 0 Å². The van der Waals surface area contributed by atoms with Gasteiger partial charge in [0.25, 0.3) is 0 Å². The van der Waals surface area contributed by atoms with Gasteiger partial charge >= 0.3 is 6.16 Å². The van der Waals surface area contributed by atoms with Gasteiger partial charge in [-0.05, 0) is 6.42 Å². The van der Waals surface area contributed by atoms with Crippen LogP contribution in [0.4, 0.5) is 4.79 Å². The Hall–Kier alpha value is -0.773. The van der Waals surface area contributed by atoms with Gasteiger partial charge in [-0.25, -0.2) is 4.79 Å². The molecule has 1 atom stereocenters. The lowest BCUT2D eigenvalue weighted by molar-refractivity contribution is 0.0690. The van der Waals surface area contributed by atoms with E-state index in [0.717, 1.165) is 12.7 Å². The second kappa shape index (κ2) is 5.06. The lowest BCUT2D eigenvalue weighted by atomic mass is 10.5. The van der Waals surface area contributed by atoms with E-state index >= 15 is 0 Å². The molecule has 0 aromatic carbocycles. The molecular weight excluding hydrogens is 184 g/mol. The van der Waals surface area contributed by atoms with Crippen molar-refractivity contribution in [2.24, 2.45) is 0 Å². The van der Waals surface area contributed by atoms with Gasteiger partial charge in [-0.1, -0.05) is 33.1 Å². The molecular formula is C9H18O3Si. The molecule has 4 heteroatoms. The third-order valence-corrected chi connectivity index (χ3v) is 4.21. The minimum absolute atomic E-state index is 0.0138. The summed E-state index contributed by atoms with van der Waals surface area (Å²) in [5.41, 5.74) is 0.0138. The maximum absolute atomic E-state index is 11.0. The van der Waals surface area contributed by atoms with E-state index in [-0.39, 0.29) is 5.73 Å². The highest BCUT2D eigenvalue weighted by atomic mass is 28.3. The van der Waals surface area contributed by atoms with Crippen LogP contribution in [0.2, 0.25) is 19.6 Å². The van der Waals surface area contributed by atoms with Crippen LogP contribution in [0.25, 0.3) is 0 Å². The normalized spacial score (nSPS) is 13.2. The van der Waals surface area contributed by atoms with Gasteiger partial charge in [0.2, 0.25) is 0 Å². The molecule has 76 valence electrons. The van der Waals surface area contributed by atoms with Crippen molar-refractivity contribution in [2.45, 2.75) is 38.7 Å². The van der Waals surface area contributed by atoms with E-state index in [1.165, 1.54) is 0 Å². The molecule has 0 spiro atoms. The van der Waals surface area contributed by atoms with Gasteiger partial charge in [0.15, 0.2) is 0 Å². The number of rotatable bonds is 4. The quantitative estimate of drug-likeness (QED) is 0.399. The van der Waals surface area contributed by atoms with Crippen LogP contribution in [0, 0.1) is 0 Å². The van der Waals surface area contributed by atoms with Gasteiger partial charge < -0.3 is 9.47 Å². The van der Waals surface area contributed by atoms with Gasteiger partial charge in [0.1, 0.15) is 0 Å². The fraction of sp³-hybridized carbons (Fsp3) is 0.667. The summed E-state index contributed by atoms with van der Waals surface area (Å²) in [6.45, 7) is 11.8. The van der Waals surface area contributed by atoms with Crippen LogP contribution in [0.5, 0.6) is 0 Å². The molecule has 0 saturated heterocycles. The zero-order valence-corrected chi connectivity index (χ0v) is 9.79. The van der Waals surface area contributed by atoms with Crippen LogP contribution in [-0.4, -0.2) is 20.0 Å². The lowest BCUT2D eigenvalue weighted by Gasteiger charge is -2.26. The highest BCUT2D eigenvalue weighted by molar-refractivity contribution is 6.77. The van der Waals surface area contributed by atoms with Crippen molar-refractivity contribution in [3.05, 3.63) is 12.8 Å². The summed E-state index contributed by atoms with van der Waals surface area (Å²) in [5.74, 6) is 0. The minimum Gasteiger partial charge on any atom is -0.435 e. The molecule has 13 heavy (non-hydrogen) atoms. The van der Waals surface area contributed by atoms with E-state index in [4.69, 9.17) is 4.74 Å². The Morgan fingerprint density at radius 1 is 1.54 bits per heavy atom. The van der Waals surface area contributed by atoms with E-state index in [0.29, 0.717) is 0 Å². The Balaban J connectivity index is 4.13. The summed E-state index contributed by atoms with van der Waals surface area (Å²) < 4.78 is 9.63. The first kappa shape index (κ1) is 12.2. The predicted octanol–water partition coefficient (Wildman–Crippen LogP) is 2.94. The summed E-state index contributed by atoms with van der Waals surface area (Å²) in [5, 5.41) is 0. The van der Waals surface area contributed by atoms with Crippen molar-refractivity contribution in [2.75, 3.05) is 0 Å². The molecule has 0 amide bonds. The molecule has 0 aromatic rings. The molecule has 0 bridgehead atoms. The van der Waals surface area contributed by atoms with Gasteiger partial charge in [0.05, 0.1) is 20.1 Å². The van der Waals surface area contributed by atoms with Gasteiger partial charge in [0, 0.05) is 0 Å². The molecule has 0 radical (unpaired) electrons. The Bertz CT molecular complexity index is 184. The Morgan fingerprint density at radius 2 is 2.08 bits per heavy atom. The average Bonchev–Trinajstić information content (AvgIpc) is 1.98. The summed E-state index contributed by atoms with van der Waals surface area (Å²) in [6, 6.07) is 0. The first-order valence-corrected chi connectivity index (χ1v) is 7.97.